The molecular formula is C22H23N3O3. The van der Waals surface area contributed by atoms with Gasteiger partial charge in [-0.2, -0.15) is 0 Å². The number of hydrogen-bond acceptors (Lipinski definition) is 3. The number of benzene rings is 1. The van der Waals surface area contributed by atoms with Crippen molar-refractivity contribution in [2.45, 2.75) is 13.3 Å². The Bertz CT molecular complexity index is 864. The third kappa shape index (κ3) is 6.57. The summed E-state index contributed by atoms with van der Waals surface area (Å²) in [7, 11) is 0. The number of amides is 4. The largest absolute Gasteiger partial charge is 0.326 e. The highest BCUT2D eigenvalue weighted by molar-refractivity contribution is 6.04. The molecule has 1 aliphatic rings. The number of hydrogen-bond donors (Lipinski definition) is 3. The van der Waals surface area contributed by atoms with Crippen LogP contribution in [0.2, 0.25) is 0 Å². The van der Waals surface area contributed by atoms with Gasteiger partial charge < -0.3 is 10.6 Å². The van der Waals surface area contributed by atoms with Crippen molar-refractivity contribution in [3.05, 3.63) is 96.4 Å². The standard InChI is InChI=1S/C22H23N3O3/c1-3-10-19(15-16(2)23-20(26)17-11-6-4-7-12-17)24-22(28)25-21(27)18-13-8-5-9-14-18/h3-11,13-15,17H,2,12H2,1H3,(H,23,26)(H2,24,25,27,28)/b10-3-,19-15+. The first-order chi connectivity index (χ1) is 13.5. The van der Waals surface area contributed by atoms with Crippen LogP contribution in [0.4, 0.5) is 4.79 Å². The minimum Gasteiger partial charge on any atom is -0.326 e. The first-order valence-electron chi connectivity index (χ1n) is 8.84. The third-order valence-electron chi connectivity index (χ3n) is 3.80. The van der Waals surface area contributed by atoms with Crippen LogP contribution < -0.4 is 16.0 Å². The maximum absolute atomic E-state index is 12.2. The van der Waals surface area contributed by atoms with Gasteiger partial charge in [0.15, 0.2) is 0 Å². The Morgan fingerprint density at radius 2 is 1.82 bits per heavy atom. The summed E-state index contributed by atoms with van der Waals surface area (Å²) < 4.78 is 0. The molecule has 3 N–H and O–H groups in total. The van der Waals surface area contributed by atoms with Crippen molar-refractivity contribution in [2.24, 2.45) is 5.92 Å². The maximum Gasteiger partial charge on any atom is 0.326 e. The number of nitrogens with one attached hydrogen (secondary N) is 3. The van der Waals surface area contributed by atoms with Gasteiger partial charge in [-0.25, -0.2) is 4.79 Å². The monoisotopic (exact) mass is 377 g/mol. The fraction of sp³-hybridized carbons (Fsp3) is 0.136. The Balaban J connectivity index is 1.95. The minimum absolute atomic E-state index is 0.176. The van der Waals surface area contributed by atoms with E-state index in [4.69, 9.17) is 0 Å². The molecule has 0 saturated carbocycles. The lowest BCUT2D eigenvalue weighted by atomic mass is 10.00. The molecule has 144 valence electrons. The summed E-state index contributed by atoms with van der Waals surface area (Å²) in [6.45, 7) is 5.59. The number of rotatable bonds is 6. The second kappa shape index (κ2) is 10.5. The average Bonchev–Trinajstić information content (AvgIpc) is 2.69. The van der Waals surface area contributed by atoms with Gasteiger partial charge in [-0.15, -0.1) is 0 Å². The van der Waals surface area contributed by atoms with Gasteiger partial charge in [0, 0.05) is 17.0 Å². The van der Waals surface area contributed by atoms with Gasteiger partial charge in [0.1, 0.15) is 0 Å². The van der Waals surface area contributed by atoms with E-state index in [1.807, 2.05) is 24.3 Å². The summed E-state index contributed by atoms with van der Waals surface area (Å²) in [5.41, 5.74) is 1.08. The van der Waals surface area contributed by atoms with E-state index in [1.165, 1.54) is 6.08 Å². The summed E-state index contributed by atoms with van der Waals surface area (Å²) in [6.07, 6.45) is 13.0. The molecule has 0 saturated heterocycles. The quantitative estimate of drug-likeness (QED) is 0.665. The van der Waals surface area contributed by atoms with Crippen molar-refractivity contribution in [3.63, 3.8) is 0 Å². The molecule has 4 amide bonds. The number of carbonyl (C=O) groups excluding carboxylic acids is 3. The molecule has 1 unspecified atom stereocenters. The second-order valence-corrected chi connectivity index (χ2v) is 6.04. The van der Waals surface area contributed by atoms with Gasteiger partial charge in [0.25, 0.3) is 5.91 Å². The molecule has 1 aromatic carbocycles. The second-order valence-electron chi connectivity index (χ2n) is 6.04. The van der Waals surface area contributed by atoms with Gasteiger partial charge in [-0.05, 0) is 37.6 Å². The van der Waals surface area contributed by atoms with E-state index in [9.17, 15) is 14.4 Å². The zero-order valence-electron chi connectivity index (χ0n) is 15.6. The van der Waals surface area contributed by atoms with E-state index < -0.39 is 11.9 Å². The molecule has 0 spiro atoms. The fourth-order valence-corrected chi connectivity index (χ4v) is 2.48. The highest BCUT2D eigenvalue weighted by Crippen LogP contribution is 2.12. The van der Waals surface area contributed by atoms with E-state index >= 15 is 0 Å². The minimum atomic E-state index is -0.683. The molecule has 28 heavy (non-hydrogen) atoms. The van der Waals surface area contributed by atoms with Crippen molar-refractivity contribution < 1.29 is 14.4 Å². The fourth-order valence-electron chi connectivity index (χ4n) is 2.48. The summed E-state index contributed by atoms with van der Waals surface area (Å²) >= 11 is 0. The molecule has 1 aliphatic carbocycles. The Labute approximate surface area is 164 Å². The summed E-state index contributed by atoms with van der Waals surface area (Å²) in [5.74, 6) is -0.937. The summed E-state index contributed by atoms with van der Waals surface area (Å²) in [5, 5.41) is 7.53. The molecule has 1 aromatic rings. The van der Waals surface area contributed by atoms with Crippen LogP contribution in [0.3, 0.4) is 0 Å². The predicted molar refractivity (Wildman–Crippen MR) is 109 cm³/mol. The Hall–Kier alpha value is -3.67. The summed E-state index contributed by atoms with van der Waals surface area (Å²) in [4.78, 5) is 36.4. The lowest BCUT2D eigenvalue weighted by Crippen LogP contribution is -2.39. The lowest BCUT2D eigenvalue weighted by Gasteiger charge is -2.14. The number of allylic oxidation sites excluding steroid dienone is 6. The topological polar surface area (TPSA) is 87.3 Å². The van der Waals surface area contributed by atoms with Crippen LogP contribution in [0.1, 0.15) is 23.7 Å². The van der Waals surface area contributed by atoms with Crippen LogP contribution >= 0.6 is 0 Å². The van der Waals surface area contributed by atoms with Crippen molar-refractivity contribution in [1.29, 1.82) is 0 Å². The molecule has 0 heterocycles. The molecular weight excluding hydrogens is 354 g/mol. The molecule has 0 aromatic heterocycles. The van der Waals surface area contributed by atoms with Gasteiger partial charge in [-0.1, -0.05) is 55.2 Å². The maximum atomic E-state index is 12.2. The van der Waals surface area contributed by atoms with Crippen molar-refractivity contribution >= 4 is 17.8 Å². The molecule has 0 aliphatic heterocycles. The van der Waals surface area contributed by atoms with Crippen LogP contribution in [0, 0.1) is 5.92 Å². The Morgan fingerprint density at radius 3 is 2.46 bits per heavy atom. The first-order valence-corrected chi connectivity index (χ1v) is 8.84. The zero-order chi connectivity index (χ0) is 20.4. The highest BCUT2D eigenvalue weighted by Gasteiger charge is 2.15. The lowest BCUT2D eigenvalue weighted by molar-refractivity contribution is -0.122. The van der Waals surface area contributed by atoms with Crippen LogP contribution in [0.25, 0.3) is 0 Å². The number of urea groups is 1. The molecule has 1 atom stereocenters. The predicted octanol–water partition coefficient (Wildman–Crippen LogP) is 3.35. The van der Waals surface area contributed by atoms with Crippen LogP contribution in [-0.4, -0.2) is 17.8 Å². The van der Waals surface area contributed by atoms with Gasteiger partial charge in [0.05, 0.1) is 5.92 Å². The van der Waals surface area contributed by atoms with E-state index in [0.29, 0.717) is 23.4 Å². The smallest absolute Gasteiger partial charge is 0.326 e. The van der Waals surface area contributed by atoms with E-state index in [-0.39, 0.29) is 11.8 Å². The molecule has 2 rings (SSSR count). The van der Waals surface area contributed by atoms with Crippen molar-refractivity contribution in [1.82, 2.24) is 16.0 Å². The molecule has 6 nitrogen and oxygen atoms in total. The van der Waals surface area contributed by atoms with E-state index in [0.717, 1.165) is 0 Å². The Morgan fingerprint density at radius 1 is 1.07 bits per heavy atom. The first kappa shape index (κ1) is 20.6. The number of carbonyl (C=O) groups is 3. The molecule has 0 bridgehead atoms. The average molecular weight is 377 g/mol. The van der Waals surface area contributed by atoms with Crippen LogP contribution in [0.15, 0.2) is 90.8 Å². The van der Waals surface area contributed by atoms with Crippen LogP contribution in [-0.2, 0) is 4.79 Å². The number of imide groups is 1. The van der Waals surface area contributed by atoms with E-state index in [1.54, 1.807) is 49.4 Å². The molecule has 0 fully saturated rings. The normalized spacial score (nSPS) is 15.9. The molecule has 0 radical (unpaired) electrons. The summed E-state index contributed by atoms with van der Waals surface area (Å²) in [6, 6.07) is 7.74. The highest BCUT2D eigenvalue weighted by atomic mass is 16.2. The van der Waals surface area contributed by atoms with Gasteiger partial charge in [-0.3, -0.25) is 14.9 Å². The van der Waals surface area contributed by atoms with Gasteiger partial charge in [0.2, 0.25) is 5.91 Å². The Kier molecular flexibility index (Phi) is 7.72. The van der Waals surface area contributed by atoms with Crippen molar-refractivity contribution in [2.75, 3.05) is 0 Å². The molecule has 6 heteroatoms. The van der Waals surface area contributed by atoms with E-state index in [2.05, 4.69) is 22.5 Å². The third-order valence-corrected chi connectivity index (χ3v) is 3.80. The SMILES string of the molecule is C=C(/C=C(\C=C/C)NC(=O)NC(=O)c1ccccc1)NC(=O)C1C=CC=CC1. The van der Waals surface area contributed by atoms with Crippen molar-refractivity contribution in [3.8, 4) is 0 Å². The zero-order valence-corrected chi connectivity index (χ0v) is 15.6. The van der Waals surface area contributed by atoms with Crippen LogP contribution in [0.5, 0.6) is 0 Å². The van der Waals surface area contributed by atoms with Gasteiger partial charge >= 0.3 is 6.03 Å².